The maximum atomic E-state index is 13.2. The van der Waals surface area contributed by atoms with Gasteiger partial charge in [0.05, 0.1) is 26.5 Å². The van der Waals surface area contributed by atoms with Gasteiger partial charge in [0.1, 0.15) is 22.9 Å². The fraction of sp³-hybridized carbons (Fsp3) is 0.333. The van der Waals surface area contributed by atoms with Crippen LogP contribution in [-0.4, -0.2) is 76.3 Å². The van der Waals surface area contributed by atoms with Crippen molar-refractivity contribution < 1.29 is 18.7 Å². The highest BCUT2D eigenvalue weighted by Crippen LogP contribution is 2.30. The zero-order valence-electron chi connectivity index (χ0n) is 17.4. The number of piperazine rings is 1. The van der Waals surface area contributed by atoms with Gasteiger partial charge < -0.3 is 14.4 Å². The Balaban J connectivity index is 1.42. The Labute approximate surface area is 179 Å². The molecule has 0 saturated carbocycles. The van der Waals surface area contributed by atoms with Crippen LogP contribution in [0.5, 0.6) is 11.5 Å². The summed E-state index contributed by atoms with van der Waals surface area (Å²) in [5.74, 6) is 1.20. The predicted octanol–water partition coefficient (Wildman–Crippen LogP) is 1.78. The zero-order chi connectivity index (χ0) is 21.8. The molecule has 3 aromatic rings. The van der Waals surface area contributed by atoms with Crippen LogP contribution in [0, 0.1) is 5.82 Å². The highest BCUT2D eigenvalue weighted by molar-refractivity contribution is 5.99. The van der Waals surface area contributed by atoms with E-state index in [0.29, 0.717) is 61.3 Å². The van der Waals surface area contributed by atoms with Crippen molar-refractivity contribution in [2.24, 2.45) is 0 Å². The van der Waals surface area contributed by atoms with Crippen LogP contribution in [0.2, 0.25) is 0 Å². The van der Waals surface area contributed by atoms with E-state index >= 15 is 0 Å². The van der Waals surface area contributed by atoms with Crippen LogP contribution in [0.1, 0.15) is 16.2 Å². The molecule has 10 heteroatoms. The minimum atomic E-state index is -0.314. The Morgan fingerprint density at radius 3 is 2.26 bits per heavy atom. The minimum absolute atomic E-state index is 0.120. The lowest BCUT2D eigenvalue weighted by atomic mass is 10.1. The van der Waals surface area contributed by atoms with Crippen molar-refractivity contribution in [2.45, 2.75) is 6.54 Å². The first-order valence-corrected chi connectivity index (χ1v) is 9.86. The first kappa shape index (κ1) is 20.7. The lowest BCUT2D eigenvalue weighted by Crippen LogP contribution is -2.48. The summed E-state index contributed by atoms with van der Waals surface area (Å²) < 4.78 is 25.5. The van der Waals surface area contributed by atoms with Gasteiger partial charge >= 0.3 is 0 Å². The summed E-state index contributed by atoms with van der Waals surface area (Å²) in [6.07, 6.45) is 0. The fourth-order valence-electron chi connectivity index (χ4n) is 3.62. The van der Waals surface area contributed by atoms with Crippen LogP contribution in [0.4, 0.5) is 4.39 Å². The summed E-state index contributed by atoms with van der Waals surface area (Å²) in [7, 11) is 3.07. The molecule has 0 bridgehead atoms. The number of aromatic nitrogens is 4. The molecule has 31 heavy (non-hydrogen) atoms. The molecule has 0 radical (unpaired) electrons. The average molecular weight is 426 g/mol. The summed E-state index contributed by atoms with van der Waals surface area (Å²) in [6, 6.07) is 11.3. The highest BCUT2D eigenvalue weighted by atomic mass is 19.1. The largest absolute Gasteiger partial charge is 0.496 e. The van der Waals surface area contributed by atoms with E-state index in [4.69, 9.17) is 9.47 Å². The standard InChI is InChI=1S/C21H23FN6O3/c1-30-17-4-3-5-18(31-2)20(17)21(29)27-12-10-26(11-13-27)14-19-23-24-25-28(19)16-8-6-15(22)7-9-16/h3-9H,10-14H2,1-2H3. The number of carbonyl (C=O) groups excluding carboxylic acids is 1. The summed E-state index contributed by atoms with van der Waals surface area (Å²) >= 11 is 0. The second-order valence-corrected chi connectivity index (χ2v) is 7.09. The third-order valence-corrected chi connectivity index (χ3v) is 5.27. The molecular weight excluding hydrogens is 403 g/mol. The van der Waals surface area contributed by atoms with E-state index < -0.39 is 0 Å². The molecule has 9 nitrogen and oxygen atoms in total. The monoisotopic (exact) mass is 426 g/mol. The Hall–Kier alpha value is -3.53. The van der Waals surface area contributed by atoms with Crippen molar-refractivity contribution in [2.75, 3.05) is 40.4 Å². The highest BCUT2D eigenvalue weighted by Gasteiger charge is 2.27. The minimum Gasteiger partial charge on any atom is -0.496 e. The first-order valence-electron chi connectivity index (χ1n) is 9.86. The van der Waals surface area contributed by atoms with Gasteiger partial charge in [-0.05, 0) is 46.8 Å². The molecule has 1 aromatic heterocycles. The van der Waals surface area contributed by atoms with Gasteiger partial charge in [0.15, 0.2) is 5.82 Å². The molecule has 1 amide bonds. The van der Waals surface area contributed by atoms with Gasteiger partial charge in [-0.1, -0.05) is 6.07 Å². The second-order valence-electron chi connectivity index (χ2n) is 7.09. The molecule has 0 atom stereocenters. The molecule has 162 valence electrons. The van der Waals surface area contributed by atoms with Crippen LogP contribution in [-0.2, 0) is 6.54 Å². The van der Waals surface area contributed by atoms with Gasteiger partial charge in [0.25, 0.3) is 5.91 Å². The van der Waals surface area contributed by atoms with Crippen molar-refractivity contribution in [3.05, 3.63) is 59.7 Å². The lowest BCUT2D eigenvalue weighted by Gasteiger charge is -2.34. The molecule has 1 aliphatic rings. The molecule has 1 fully saturated rings. The smallest absolute Gasteiger partial charge is 0.261 e. The number of tetrazole rings is 1. The number of methoxy groups -OCH3 is 2. The molecule has 2 aromatic carbocycles. The van der Waals surface area contributed by atoms with Crippen molar-refractivity contribution >= 4 is 5.91 Å². The number of carbonyl (C=O) groups is 1. The lowest BCUT2D eigenvalue weighted by molar-refractivity contribution is 0.0618. The summed E-state index contributed by atoms with van der Waals surface area (Å²) in [6.45, 7) is 2.96. The van der Waals surface area contributed by atoms with E-state index in [2.05, 4.69) is 20.4 Å². The van der Waals surface area contributed by atoms with E-state index in [-0.39, 0.29) is 11.7 Å². The van der Waals surface area contributed by atoms with Crippen LogP contribution in [0.15, 0.2) is 42.5 Å². The van der Waals surface area contributed by atoms with Gasteiger partial charge in [0, 0.05) is 26.2 Å². The molecular formula is C21H23FN6O3. The summed E-state index contributed by atoms with van der Waals surface area (Å²) in [4.78, 5) is 17.1. The zero-order valence-corrected chi connectivity index (χ0v) is 17.4. The normalized spacial score (nSPS) is 14.5. The maximum Gasteiger partial charge on any atom is 0.261 e. The van der Waals surface area contributed by atoms with E-state index in [0.717, 1.165) is 0 Å². The number of amides is 1. The maximum absolute atomic E-state index is 13.2. The molecule has 4 rings (SSSR count). The van der Waals surface area contributed by atoms with Gasteiger partial charge in [0.2, 0.25) is 0 Å². The van der Waals surface area contributed by atoms with E-state index in [1.165, 1.54) is 26.4 Å². The third kappa shape index (κ3) is 4.33. The van der Waals surface area contributed by atoms with Gasteiger partial charge in [-0.2, -0.15) is 4.68 Å². The molecule has 0 spiro atoms. The molecule has 1 saturated heterocycles. The van der Waals surface area contributed by atoms with Gasteiger partial charge in [-0.15, -0.1) is 5.10 Å². The topological polar surface area (TPSA) is 85.6 Å². The van der Waals surface area contributed by atoms with E-state index in [1.807, 2.05) is 0 Å². The molecule has 1 aliphatic heterocycles. The SMILES string of the molecule is COc1cccc(OC)c1C(=O)N1CCN(Cc2nnnn2-c2ccc(F)cc2)CC1. The second kappa shape index (κ2) is 9.09. The van der Waals surface area contributed by atoms with E-state index in [1.54, 1.807) is 39.9 Å². The number of ether oxygens (including phenoxy) is 2. The molecule has 0 unspecified atom stereocenters. The van der Waals surface area contributed by atoms with Crippen molar-refractivity contribution in [3.8, 4) is 17.2 Å². The van der Waals surface area contributed by atoms with Crippen LogP contribution >= 0.6 is 0 Å². The van der Waals surface area contributed by atoms with Gasteiger partial charge in [-0.3, -0.25) is 9.69 Å². The van der Waals surface area contributed by atoms with Crippen LogP contribution in [0.3, 0.4) is 0 Å². The van der Waals surface area contributed by atoms with Crippen molar-refractivity contribution in [1.82, 2.24) is 30.0 Å². The van der Waals surface area contributed by atoms with Crippen molar-refractivity contribution in [3.63, 3.8) is 0 Å². The first-order chi connectivity index (χ1) is 15.1. The number of rotatable bonds is 6. The molecule has 0 N–H and O–H groups in total. The Kier molecular flexibility index (Phi) is 6.08. The van der Waals surface area contributed by atoms with E-state index in [9.17, 15) is 9.18 Å². The average Bonchev–Trinajstić information content (AvgIpc) is 3.27. The fourth-order valence-corrected chi connectivity index (χ4v) is 3.62. The Bertz CT molecular complexity index is 1030. The van der Waals surface area contributed by atoms with Crippen LogP contribution < -0.4 is 9.47 Å². The summed E-state index contributed by atoms with van der Waals surface area (Å²) in [5.41, 5.74) is 1.12. The number of hydrogen-bond donors (Lipinski definition) is 0. The number of halogens is 1. The number of hydrogen-bond acceptors (Lipinski definition) is 7. The summed E-state index contributed by atoms with van der Waals surface area (Å²) in [5, 5.41) is 11.9. The van der Waals surface area contributed by atoms with Crippen LogP contribution in [0.25, 0.3) is 5.69 Å². The van der Waals surface area contributed by atoms with Gasteiger partial charge in [-0.25, -0.2) is 4.39 Å². The quantitative estimate of drug-likeness (QED) is 0.594. The molecule has 0 aliphatic carbocycles. The Morgan fingerprint density at radius 2 is 1.65 bits per heavy atom. The van der Waals surface area contributed by atoms with Crippen molar-refractivity contribution in [1.29, 1.82) is 0 Å². The Morgan fingerprint density at radius 1 is 1.00 bits per heavy atom. The number of benzene rings is 2. The predicted molar refractivity (Wildman–Crippen MR) is 110 cm³/mol. The molecule has 2 heterocycles. The number of nitrogens with zero attached hydrogens (tertiary/aromatic N) is 6. The third-order valence-electron chi connectivity index (χ3n) is 5.27.